The molecule has 168 valence electrons. The molecule has 0 bridgehead atoms. The smallest absolute Gasteiger partial charge is 0.214 e. The molecule has 2 aromatic heterocycles. The topological polar surface area (TPSA) is 75.5 Å². The highest BCUT2D eigenvalue weighted by Gasteiger charge is 2.31. The molecule has 2 fully saturated rings. The van der Waals surface area contributed by atoms with Crippen LogP contribution in [0.4, 0.5) is 0 Å². The van der Waals surface area contributed by atoms with Crippen molar-refractivity contribution in [1.29, 1.82) is 0 Å². The Morgan fingerprint density at radius 1 is 1.10 bits per heavy atom. The first-order valence-corrected chi connectivity index (χ1v) is 11.5. The number of ether oxygens (including phenoxy) is 3. The molecule has 2 aliphatic carbocycles. The minimum absolute atomic E-state index is 0.389. The molecule has 7 nitrogen and oxygen atoms in total. The monoisotopic (exact) mass is 427 g/mol. The number of methoxy groups -OCH3 is 1. The normalized spacial score (nSPS) is 21.8. The third kappa shape index (κ3) is 5.26. The molecule has 2 heterocycles. The lowest BCUT2D eigenvalue weighted by atomic mass is 9.77. The van der Waals surface area contributed by atoms with Crippen LogP contribution in [0.15, 0.2) is 24.5 Å². The third-order valence-electron chi connectivity index (χ3n) is 6.65. The van der Waals surface area contributed by atoms with Crippen LogP contribution in [0.2, 0.25) is 0 Å². The van der Waals surface area contributed by atoms with Gasteiger partial charge in [-0.2, -0.15) is 5.10 Å². The first kappa shape index (κ1) is 21.8. The molecule has 2 aromatic rings. The zero-order chi connectivity index (χ0) is 21.5. The maximum Gasteiger partial charge on any atom is 0.214 e. The van der Waals surface area contributed by atoms with Gasteiger partial charge in [0.05, 0.1) is 31.0 Å². The van der Waals surface area contributed by atoms with Crippen LogP contribution in [0.5, 0.6) is 11.6 Å². The second kappa shape index (κ2) is 10.8. The van der Waals surface area contributed by atoms with Gasteiger partial charge in [-0.05, 0) is 31.7 Å². The van der Waals surface area contributed by atoms with E-state index < -0.39 is 0 Å². The van der Waals surface area contributed by atoms with Crippen molar-refractivity contribution in [2.24, 2.45) is 5.92 Å². The van der Waals surface area contributed by atoms with E-state index >= 15 is 0 Å². The largest absolute Gasteiger partial charge is 0.491 e. The molecule has 2 unspecified atom stereocenters. The minimum Gasteiger partial charge on any atom is -0.491 e. The standard InChI is InChI=1S/C24H33N3O4/c1-29-12-13-30-24-14-19(16-28)23(15-25-24)31-17-18-6-2-5-9-21(18)22-10-11-26-27(22)20-7-3-4-8-20/h10-11,14-16,18,20-21H,2-9,12-13,17H2,1H3. The van der Waals surface area contributed by atoms with Gasteiger partial charge in [0.1, 0.15) is 12.4 Å². The van der Waals surface area contributed by atoms with Crippen LogP contribution in [0.3, 0.4) is 0 Å². The lowest BCUT2D eigenvalue weighted by molar-refractivity contribution is 0.111. The van der Waals surface area contributed by atoms with Gasteiger partial charge in [-0.1, -0.05) is 25.7 Å². The summed E-state index contributed by atoms with van der Waals surface area (Å²) in [5, 5.41) is 4.69. The van der Waals surface area contributed by atoms with E-state index in [1.54, 1.807) is 19.4 Å². The van der Waals surface area contributed by atoms with Gasteiger partial charge in [0, 0.05) is 36.9 Å². The van der Waals surface area contributed by atoms with E-state index in [1.807, 2.05) is 6.20 Å². The highest BCUT2D eigenvalue weighted by Crippen LogP contribution is 2.40. The summed E-state index contributed by atoms with van der Waals surface area (Å²) in [6.45, 7) is 1.43. The van der Waals surface area contributed by atoms with Crippen molar-refractivity contribution < 1.29 is 19.0 Å². The summed E-state index contributed by atoms with van der Waals surface area (Å²) < 4.78 is 18.9. The fraction of sp³-hybridized carbons (Fsp3) is 0.625. The molecule has 2 aliphatic rings. The molecule has 2 atom stereocenters. The van der Waals surface area contributed by atoms with Crippen LogP contribution < -0.4 is 9.47 Å². The number of hydrogen-bond donors (Lipinski definition) is 0. The number of aromatic nitrogens is 3. The van der Waals surface area contributed by atoms with Gasteiger partial charge < -0.3 is 14.2 Å². The molecule has 0 spiro atoms. The Hall–Kier alpha value is -2.41. The van der Waals surface area contributed by atoms with Crippen molar-refractivity contribution in [2.75, 3.05) is 26.9 Å². The third-order valence-corrected chi connectivity index (χ3v) is 6.65. The predicted octanol–water partition coefficient (Wildman–Crippen LogP) is 4.58. The summed E-state index contributed by atoms with van der Waals surface area (Å²) in [7, 11) is 1.61. The number of rotatable bonds is 10. The van der Waals surface area contributed by atoms with Crippen molar-refractivity contribution in [3.05, 3.63) is 35.8 Å². The number of carbonyl (C=O) groups is 1. The zero-order valence-corrected chi connectivity index (χ0v) is 18.4. The maximum absolute atomic E-state index is 11.6. The van der Waals surface area contributed by atoms with E-state index in [9.17, 15) is 4.79 Å². The Morgan fingerprint density at radius 3 is 2.71 bits per heavy atom. The van der Waals surface area contributed by atoms with Gasteiger partial charge >= 0.3 is 0 Å². The number of aldehydes is 1. The molecule has 7 heteroatoms. The van der Waals surface area contributed by atoms with E-state index in [0.717, 1.165) is 19.1 Å². The van der Waals surface area contributed by atoms with Gasteiger partial charge in [0.2, 0.25) is 5.88 Å². The highest BCUT2D eigenvalue weighted by atomic mass is 16.5. The van der Waals surface area contributed by atoms with Gasteiger partial charge in [-0.25, -0.2) is 4.98 Å². The molecular weight excluding hydrogens is 394 g/mol. The average molecular weight is 428 g/mol. The molecule has 0 N–H and O–H groups in total. The lowest BCUT2D eigenvalue weighted by Crippen LogP contribution is -2.27. The number of pyridine rings is 1. The number of nitrogens with zero attached hydrogens (tertiary/aromatic N) is 3. The SMILES string of the molecule is COCCOc1cc(C=O)c(OCC2CCCCC2c2ccnn2C2CCCC2)cn1. The van der Waals surface area contributed by atoms with E-state index in [0.29, 0.717) is 54.9 Å². The molecule has 0 radical (unpaired) electrons. The van der Waals surface area contributed by atoms with Crippen LogP contribution in [-0.4, -0.2) is 48.0 Å². The summed E-state index contributed by atoms with van der Waals surface area (Å²) in [5.41, 5.74) is 1.82. The fourth-order valence-electron chi connectivity index (χ4n) is 5.02. The Morgan fingerprint density at radius 2 is 1.90 bits per heavy atom. The van der Waals surface area contributed by atoms with Crippen LogP contribution in [0.1, 0.15) is 79.4 Å². The summed E-state index contributed by atoms with van der Waals surface area (Å²) >= 11 is 0. The van der Waals surface area contributed by atoms with Gasteiger partial charge in [0.25, 0.3) is 0 Å². The van der Waals surface area contributed by atoms with Crippen LogP contribution in [0, 0.1) is 5.92 Å². The van der Waals surface area contributed by atoms with Gasteiger partial charge in [-0.15, -0.1) is 0 Å². The van der Waals surface area contributed by atoms with Crippen molar-refractivity contribution in [3.8, 4) is 11.6 Å². The van der Waals surface area contributed by atoms with Crippen molar-refractivity contribution in [1.82, 2.24) is 14.8 Å². The number of carbonyl (C=O) groups excluding carboxylic acids is 1. The van der Waals surface area contributed by atoms with Crippen molar-refractivity contribution in [3.63, 3.8) is 0 Å². The van der Waals surface area contributed by atoms with E-state index in [2.05, 4.69) is 15.7 Å². The van der Waals surface area contributed by atoms with E-state index in [1.165, 1.54) is 44.2 Å². The summed E-state index contributed by atoms with van der Waals surface area (Å²) in [6.07, 6.45) is 14.2. The lowest BCUT2D eigenvalue weighted by Gasteiger charge is -2.32. The second-order valence-corrected chi connectivity index (χ2v) is 8.62. The molecule has 31 heavy (non-hydrogen) atoms. The van der Waals surface area contributed by atoms with Crippen LogP contribution in [0.25, 0.3) is 0 Å². The molecule has 4 rings (SSSR count). The molecule has 0 aromatic carbocycles. The van der Waals surface area contributed by atoms with E-state index in [4.69, 9.17) is 19.3 Å². The second-order valence-electron chi connectivity index (χ2n) is 8.62. The summed E-state index contributed by atoms with van der Waals surface area (Å²) in [6, 6.07) is 4.38. The summed E-state index contributed by atoms with van der Waals surface area (Å²) in [4.78, 5) is 15.9. The first-order chi connectivity index (χ1) is 15.3. The highest BCUT2D eigenvalue weighted by molar-refractivity contribution is 5.79. The average Bonchev–Trinajstić information content (AvgIpc) is 3.50. The van der Waals surface area contributed by atoms with Crippen molar-refractivity contribution in [2.45, 2.75) is 63.3 Å². The van der Waals surface area contributed by atoms with Crippen LogP contribution >= 0.6 is 0 Å². The Balaban J connectivity index is 1.43. The quantitative estimate of drug-likeness (QED) is 0.408. The van der Waals surface area contributed by atoms with Crippen LogP contribution in [-0.2, 0) is 4.74 Å². The molecule has 2 saturated carbocycles. The Labute approximate surface area is 184 Å². The van der Waals surface area contributed by atoms with Crippen molar-refractivity contribution >= 4 is 6.29 Å². The molecular formula is C24H33N3O4. The molecule has 0 amide bonds. The minimum atomic E-state index is 0.389. The molecule has 0 saturated heterocycles. The Kier molecular flexibility index (Phi) is 7.57. The van der Waals surface area contributed by atoms with Gasteiger partial charge in [-0.3, -0.25) is 9.48 Å². The number of hydrogen-bond acceptors (Lipinski definition) is 6. The predicted molar refractivity (Wildman–Crippen MR) is 117 cm³/mol. The fourth-order valence-corrected chi connectivity index (χ4v) is 5.02. The Bertz CT molecular complexity index is 847. The maximum atomic E-state index is 11.6. The van der Waals surface area contributed by atoms with Gasteiger partial charge in [0.15, 0.2) is 6.29 Å². The first-order valence-electron chi connectivity index (χ1n) is 11.5. The molecule has 0 aliphatic heterocycles. The zero-order valence-electron chi connectivity index (χ0n) is 18.4. The summed E-state index contributed by atoms with van der Waals surface area (Å²) in [5.74, 6) is 1.77. The van der Waals surface area contributed by atoms with E-state index in [-0.39, 0.29) is 0 Å².